The second-order valence-corrected chi connectivity index (χ2v) is 9.84. The molecule has 0 radical (unpaired) electrons. The van der Waals surface area contributed by atoms with Gasteiger partial charge in [0.1, 0.15) is 17.2 Å². The minimum Gasteiger partial charge on any atom is -0.369 e. The highest BCUT2D eigenvalue weighted by Gasteiger charge is 2.50. The molecule has 1 aromatic heterocycles. The zero-order chi connectivity index (χ0) is 29.9. The number of pyridine rings is 1. The van der Waals surface area contributed by atoms with E-state index in [1.807, 2.05) is 13.8 Å². The zero-order valence-electron chi connectivity index (χ0n) is 24.0. The van der Waals surface area contributed by atoms with Crippen LogP contribution in [0.4, 0.5) is 27.3 Å². The van der Waals surface area contributed by atoms with E-state index in [1.165, 1.54) is 40.5 Å². The molecule has 0 bridgehead atoms. The highest BCUT2D eigenvalue weighted by molar-refractivity contribution is 6.08. The minimum atomic E-state index is -0.801. The van der Waals surface area contributed by atoms with Crippen LogP contribution >= 0.6 is 0 Å². The number of rotatable bonds is 8. The molecule has 1 fully saturated rings. The number of nitrogens with two attached hydrogens (primary N) is 1. The number of hydrogen-bond acceptors (Lipinski definition) is 5. The smallest absolute Gasteiger partial charge is 0.259 e. The van der Waals surface area contributed by atoms with E-state index >= 15 is 0 Å². The van der Waals surface area contributed by atoms with Gasteiger partial charge < -0.3 is 16.0 Å². The average molecular weight is 550 g/mol. The molecule has 1 saturated carbocycles. The Bertz CT molecular complexity index is 1530. The van der Waals surface area contributed by atoms with Crippen molar-refractivity contribution < 1.29 is 18.8 Å². The van der Waals surface area contributed by atoms with Gasteiger partial charge in [-0.05, 0) is 62.1 Å². The number of aryl methyl sites for hydroxylation is 1. The molecule has 212 valence electrons. The van der Waals surface area contributed by atoms with E-state index in [1.54, 1.807) is 51.4 Å². The van der Waals surface area contributed by atoms with Crippen LogP contribution in [0.5, 0.6) is 0 Å². The van der Waals surface area contributed by atoms with Crippen LogP contribution in [0.15, 0.2) is 47.3 Å². The van der Waals surface area contributed by atoms with E-state index in [-0.39, 0.29) is 28.3 Å². The zero-order valence-corrected chi connectivity index (χ0v) is 24.0. The molecule has 1 heterocycles. The molecule has 0 aliphatic heterocycles. The third-order valence-electron chi connectivity index (χ3n) is 7.03. The summed E-state index contributed by atoms with van der Waals surface area (Å²) in [7, 11) is 4.55. The van der Waals surface area contributed by atoms with E-state index in [4.69, 9.17) is 5.73 Å². The SMILES string of the molecule is CC.Cc1ccc(Nc2c(C(=O)N(C)C)c(N(C=O)c3cccc(C4(C(N)=O)CC4)c3)c(C)c(=O)n2C)c(F)c1. The fraction of sp³-hybridized carbons (Fsp3) is 0.333. The van der Waals surface area contributed by atoms with Crippen LogP contribution in [0.1, 0.15) is 53.7 Å². The number of carbonyl (C=O) groups excluding carboxylic acids is 3. The molecule has 3 N–H and O–H groups in total. The molecule has 9 nitrogen and oxygen atoms in total. The number of anilines is 4. The van der Waals surface area contributed by atoms with Crippen molar-refractivity contribution in [2.24, 2.45) is 12.8 Å². The highest BCUT2D eigenvalue weighted by Crippen LogP contribution is 2.49. The molecule has 0 unspecified atom stereocenters. The van der Waals surface area contributed by atoms with Gasteiger partial charge in [0, 0.05) is 32.4 Å². The summed E-state index contributed by atoms with van der Waals surface area (Å²) in [5.41, 5.74) is 6.32. The summed E-state index contributed by atoms with van der Waals surface area (Å²) >= 11 is 0. The molecule has 0 atom stereocenters. The van der Waals surface area contributed by atoms with Gasteiger partial charge in [-0.3, -0.25) is 28.6 Å². The van der Waals surface area contributed by atoms with Crippen LogP contribution in [0.3, 0.4) is 0 Å². The van der Waals surface area contributed by atoms with E-state index < -0.39 is 28.6 Å². The molecule has 40 heavy (non-hydrogen) atoms. The maximum absolute atomic E-state index is 14.8. The predicted molar refractivity (Wildman–Crippen MR) is 155 cm³/mol. The van der Waals surface area contributed by atoms with Crippen LogP contribution in [0, 0.1) is 19.7 Å². The molecule has 3 aromatic rings. The van der Waals surface area contributed by atoms with Gasteiger partial charge in [0.15, 0.2) is 0 Å². The van der Waals surface area contributed by atoms with Crippen LogP contribution in [-0.2, 0) is 22.1 Å². The Hall–Kier alpha value is -4.47. The van der Waals surface area contributed by atoms with Crippen LogP contribution in [0.25, 0.3) is 0 Å². The molecule has 1 aliphatic rings. The summed E-state index contributed by atoms with van der Waals surface area (Å²) in [6.07, 6.45) is 1.70. The van der Waals surface area contributed by atoms with E-state index in [0.717, 1.165) is 0 Å². The first-order valence-electron chi connectivity index (χ1n) is 13.1. The topological polar surface area (TPSA) is 118 Å². The van der Waals surface area contributed by atoms with Gasteiger partial charge >= 0.3 is 0 Å². The van der Waals surface area contributed by atoms with Crippen molar-refractivity contribution in [3.63, 3.8) is 0 Å². The van der Waals surface area contributed by atoms with Gasteiger partial charge in [-0.25, -0.2) is 4.39 Å². The Morgan fingerprint density at radius 3 is 2.27 bits per heavy atom. The number of nitrogens with zero attached hydrogens (tertiary/aromatic N) is 3. The van der Waals surface area contributed by atoms with Gasteiger partial charge in [-0.2, -0.15) is 0 Å². The van der Waals surface area contributed by atoms with Crippen LogP contribution in [-0.4, -0.2) is 41.8 Å². The van der Waals surface area contributed by atoms with Crippen molar-refractivity contribution in [3.05, 3.63) is 80.9 Å². The number of primary amides is 1. The van der Waals surface area contributed by atoms with Crippen molar-refractivity contribution in [1.82, 2.24) is 9.47 Å². The lowest BCUT2D eigenvalue weighted by Crippen LogP contribution is -2.33. The maximum atomic E-state index is 14.8. The first kappa shape index (κ1) is 30.1. The Morgan fingerprint density at radius 1 is 1.10 bits per heavy atom. The molecule has 1 aliphatic carbocycles. The molecule has 3 amide bonds. The second-order valence-electron chi connectivity index (χ2n) is 9.84. The average Bonchev–Trinajstić information content (AvgIpc) is 3.75. The van der Waals surface area contributed by atoms with E-state index in [0.29, 0.717) is 36.1 Å². The van der Waals surface area contributed by atoms with Crippen molar-refractivity contribution in [2.45, 2.75) is 46.0 Å². The number of halogens is 1. The summed E-state index contributed by atoms with van der Waals surface area (Å²) in [4.78, 5) is 54.2. The van der Waals surface area contributed by atoms with Crippen LogP contribution < -0.4 is 21.5 Å². The molecule has 2 aromatic carbocycles. The first-order valence-corrected chi connectivity index (χ1v) is 13.1. The maximum Gasteiger partial charge on any atom is 0.259 e. The van der Waals surface area contributed by atoms with Gasteiger partial charge in [0.2, 0.25) is 12.3 Å². The third kappa shape index (κ3) is 5.34. The molecule has 0 spiro atoms. The highest BCUT2D eigenvalue weighted by atomic mass is 19.1. The Balaban J connectivity index is 0.00000216. The number of hydrogen-bond donors (Lipinski definition) is 2. The minimum absolute atomic E-state index is 0.00288. The van der Waals surface area contributed by atoms with E-state index in [2.05, 4.69) is 5.32 Å². The Morgan fingerprint density at radius 2 is 1.75 bits per heavy atom. The van der Waals surface area contributed by atoms with Gasteiger partial charge in [-0.15, -0.1) is 0 Å². The molecular formula is C30H36FN5O4. The van der Waals surface area contributed by atoms with Gasteiger partial charge in [0.05, 0.1) is 16.8 Å². The molecular weight excluding hydrogens is 513 g/mol. The summed E-state index contributed by atoms with van der Waals surface area (Å²) in [6, 6.07) is 11.3. The van der Waals surface area contributed by atoms with Gasteiger partial charge in [0.25, 0.3) is 11.5 Å². The monoisotopic (exact) mass is 549 g/mol. The molecule has 10 heteroatoms. The summed E-state index contributed by atoms with van der Waals surface area (Å²) in [5, 5.41) is 2.91. The Labute approximate surface area is 233 Å². The standard InChI is InChI=1S/C28H30FN5O4.C2H6/c1-16-9-10-21(20(29)13-16)31-24-22(26(37)32(3)4)23(17(2)25(36)33(24)5)34(15-35)19-8-6-7-18(14-19)28(11-12-28)27(30)38;1-2/h6-10,13-15,31H,11-12H2,1-5H3,(H2,30,38);1-2H3. The van der Waals surface area contributed by atoms with E-state index in [9.17, 15) is 23.6 Å². The lowest BCUT2D eigenvalue weighted by atomic mass is 9.94. The largest absolute Gasteiger partial charge is 0.369 e. The Kier molecular flexibility index (Phi) is 8.82. The van der Waals surface area contributed by atoms with Crippen molar-refractivity contribution >= 4 is 41.1 Å². The summed E-state index contributed by atoms with van der Waals surface area (Å²) in [5.74, 6) is -1.50. The number of amides is 3. The summed E-state index contributed by atoms with van der Waals surface area (Å²) in [6.45, 7) is 7.26. The third-order valence-corrected chi connectivity index (χ3v) is 7.03. The van der Waals surface area contributed by atoms with Crippen molar-refractivity contribution in [1.29, 1.82) is 0 Å². The van der Waals surface area contributed by atoms with Crippen molar-refractivity contribution in [3.8, 4) is 0 Å². The fourth-order valence-electron chi connectivity index (χ4n) is 4.64. The van der Waals surface area contributed by atoms with Crippen molar-refractivity contribution in [2.75, 3.05) is 24.3 Å². The number of nitrogens with one attached hydrogen (secondary N) is 1. The number of benzene rings is 2. The predicted octanol–water partition coefficient (Wildman–Crippen LogP) is 4.42. The lowest BCUT2D eigenvalue weighted by Gasteiger charge is -2.28. The summed E-state index contributed by atoms with van der Waals surface area (Å²) < 4.78 is 16.0. The second kappa shape index (κ2) is 11.7. The fourth-order valence-corrected chi connectivity index (χ4v) is 4.64. The first-order chi connectivity index (χ1) is 18.9. The number of aromatic nitrogens is 1. The quantitative estimate of drug-likeness (QED) is 0.403. The number of carbonyl (C=O) groups is 3. The lowest BCUT2D eigenvalue weighted by molar-refractivity contribution is -0.120. The van der Waals surface area contributed by atoms with Gasteiger partial charge in [-0.1, -0.05) is 32.0 Å². The molecule has 0 saturated heterocycles. The molecule has 4 rings (SSSR count). The van der Waals surface area contributed by atoms with Crippen LogP contribution in [0.2, 0.25) is 0 Å². The normalized spacial score (nSPS) is 13.0.